The monoisotopic (exact) mass is 305 g/mol. The van der Waals surface area contributed by atoms with Crippen LogP contribution in [0.25, 0.3) is 0 Å². The van der Waals surface area contributed by atoms with Crippen LogP contribution in [-0.2, 0) is 14.3 Å². The van der Waals surface area contributed by atoms with Gasteiger partial charge in [0.1, 0.15) is 5.75 Å². The Morgan fingerprint density at radius 3 is 2.36 bits per heavy atom. The molecule has 0 saturated carbocycles. The number of methoxy groups -OCH3 is 1. The van der Waals surface area contributed by atoms with Crippen LogP contribution in [0.3, 0.4) is 0 Å². The molecule has 22 heavy (non-hydrogen) atoms. The molecule has 1 heterocycles. The Bertz CT molecular complexity index is 576. The van der Waals surface area contributed by atoms with Crippen LogP contribution in [0.2, 0.25) is 0 Å². The van der Waals surface area contributed by atoms with Gasteiger partial charge >= 0.3 is 11.9 Å². The summed E-state index contributed by atoms with van der Waals surface area (Å²) in [4.78, 5) is 36.9. The summed E-state index contributed by atoms with van der Waals surface area (Å²) in [5.41, 5.74) is 0.356. The zero-order valence-electron chi connectivity index (χ0n) is 12.7. The summed E-state index contributed by atoms with van der Waals surface area (Å²) in [6.45, 7) is 2.25. The lowest BCUT2D eigenvalue weighted by Crippen LogP contribution is -2.40. The molecule has 0 aromatic heterocycles. The van der Waals surface area contributed by atoms with Crippen molar-refractivity contribution in [2.75, 3.05) is 20.2 Å². The molecule has 0 aliphatic carbocycles. The molecule has 1 aromatic rings. The topological polar surface area (TPSA) is 72.9 Å². The Hall–Kier alpha value is -2.37. The van der Waals surface area contributed by atoms with Gasteiger partial charge in [0.15, 0.2) is 0 Å². The van der Waals surface area contributed by atoms with Crippen LogP contribution in [0.1, 0.15) is 30.1 Å². The first kappa shape index (κ1) is 16.0. The van der Waals surface area contributed by atoms with Gasteiger partial charge in [0.05, 0.1) is 18.6 Å². The summed E-state index contributed by atoms with van der Waals surface area (Å²) < 4.78 is 9.81. The van der Waals surface area contributed by atoms with Crippen molar-refractivity contribution < 1.29 is 23.9 Å². The molecule has 2 rings (SSSR count). The average Bonchev–Trinajstić information content (AvgIpc) is 2.53. The Morgan fingerprint density at radius 1 is 1.14 bits per heavy atom. The number of ether oxygens (including phenoxy) is 2. The maximum absolute atomic E-state index is 12.6. The van der Waals surface area contributed by atoms with Crippen molar-refractivity contribution in [3.63, 3.8) is 0 Å². The van der Waals surface area contributed by atoms with E-state index in [2.05, 4.69) is 0 Å². The van der Waals surface area contributed by atoms with E-state index >= 15 is 0 Å². The van der Waals surface area contributed by atoms with Gasteiger partial charge in [-0.1, -0.05) is 12.1 Å². The summed E-state index contributed by atoms with van der Waals surface area (Å²) in [5, 5.41) is 0. The Labute approximate surface area is 129 Å². The fourth-order valence-electron chi connectivity index (χ4n) is 2.54. The summed E-state index contributed by atoms with van der Waals surface area (Å²) in [7, 11) is 1.37. The van der Waals surface area contributed by atoms with Gasteiger partial charge in [0.2, 0.25) is 0 Å². The van der Waals surface area contributed by atoms with Crippen LogP contribution >= 0.6 is 0 Å². The van der Waals surface area contributed by atoms with E-state index in [4.69, 9.17) is 9.47 Å². The van der Waals surface area contributed by atoms with E-state index in [-0.39, 0.29) is 23.5 Å². The first-order valence-electron chi connectivity index (χ1n) is 7.17. The van der Waals surface area contributed by atoms with Crippen LogP contribution in [0, 0.1) is 5.92 Å². The van der Waals surface area contributed by atoms with Gasteiger partial charge in [0, 0.05) is 20.0 Å². The molecule has 0 radical (unpaired) electrons. The Balaban J connectivity index is 2.07. The number of benzene rings is 1. The van der Waals surface area contributed by atoms with Crippen molar-refractivity contribution in [1.29, 1.82) is 0 Å². The van der Waals surface area contributed by atoms with Crippen molar-refractivity contribution in [2.45, 2.75) is 19.8 Å². The first-order valence-corrected chi connectivity index (χ1v) is 7.17. The molecular weight excluding hydrogens is 286 g/mol. The fraction of sp³-hybridized carbons (Fsp3) is 0.438. The lowest BCUT2D eigenvalue weighted by Gasteiger charge is -2.31. The minimum Gasteiger partial charge on any atom is -0.469 e. The molecule has 0 atom stereocenters. The Morgan fingerprint density at radius 2 is 1.77 bits per heavy atom. The molecule has 118 valence electrons. The van der Waals surface area contributed by atoms with Gasteiger partial charge in [-0.15, -0.1) is 0 Å². The van der Waals surface area contributed by atoms with Gasteiger partial charge in [-0.3, -0.25) is 14.4 Å². The number of hydrogen-bond acceptors (Lipinski definition) is 5. The molecular formula is C16H19NO5. The minimum atomic E-state index is -0.468. The van der Waals surface area contributed by atoms with Crippen molar-refractivity contribution in [2.24, 2.45) is 5.92 Å². The molecule has 0 N–H and O–H groups in total. The molecule has 0 spiro atoms. The summed E-state index contributed by atoms with van der Waals surface area (Å²) in [6, 6.07) is 6.66. The standard InChI is InChI=1S/C16H19NO5/c1-11(18)22-14-6-4-3-5-13(14)15(19)17-9-7-12(8-10-17)16(20)21-2/h3-6,12H,7-10H2,1-2H3. The van der Waals surface area contributed by atoms with Crippen LogP contribution < -0.4 is 4.74 Å². The highest BCUT2D eigenvalue weighted by Crippen LogP contribution is 2.24. The van der Waals surface area contributed by atoms with E-state index in [1.54, 1.807) is 29.2 Å². The van der Waals surface area contributed by atoms with E-state index < -0.39 is 5.97 Å². The molecule has 1 aliphatic heterocycles. The summed E-state index contributed by atoms with van der Waals surface area (Å²) >= 11 is 0. The maximum Gasteiger partial charge on any atom is 0.308 e. The predicted molar refractivity (Wildman–Crippen MR) is 78.4 cm³/mol. The SMILES string of the molecule is COC(=O)C1CCN(C(=O)c2ccccc2OC(C)=O)CC1. The lowest BCUT2D eigenvalue weighted by molar-refractivity contribution is -0.146. The molecule has 1 fully saturated rings. The lowest BCUT2D eigenvalue weighted by atomic mass is 9.96. The second kappa shape index (κ2) is 7.06. The van der Waals surface area contributed by atoms with Gasteiger partial charge in [0.25, 0.3) is 5.91 Å². The number of para-hydroxylation sites is 1. The quantitative estimate of drug-likeness (QED) is 0.627. The van der Waals surface area contributed by atoms with Crippen LogP contribution in [0.15, 0.2) is 24.3 Å². The third-order valence-electron chi connectivity index (χ3n) is 3.69. The molecule has 0 bridgehead atoms. The second-order valence-electron chi connectivity index (χ2n) is 5.18. The number of esters is 2. The number of rotatable bonds is 3. The normalized spacial score (nSPS) is 15.3. The zero-order valence-corrected chi connectivity index (χ0v) is 12.7. The van der Waals surface area contributed by atoms with Gasteiger partial charge < -0.3 is 14.4 Å². The number of piperidine rings is 1. The first-order chi connectivity index (χ1) is 10.5. The molecule has 1 aromatic carbocycles. The number of carbonyl (C=O) groups excluding carboxylic acids is 3. The highest BCUT2D eigenvalue weighted by molar-refractivity contribution is 5.97. The third kappa shape index (κ3) is 3.63. The Kier molecular flexibility index (Phi) is 5.14. The van der Waals surface area contributed by atoms with Crippen molar-refractivity contribution in [3.05, 3.63) is 29.8 Å². The van der Waals surface area contributed by atoms with E-state index in [1.165, 1.54) is 14.0 Å². The molecule has 1 saturated heterocycles. The summed E-state index contributed by atoms with van der Waals surface area (Å²) in [6.07, 6.45) is 1.16. The maximum atomic E-state index is 12.6. The third-order valence-corrected chi connectivity index (χ3v) is 3.69. The van der Waals surface area contributed by atoms with Crippen LogP contribution in [0.5, 0.6) is 5.75 Å². The number of likely N-dealkylation sites (tertiary alicyclic amines) is 1. The molecule has 6 nitrogen and oxygen atoms in total. The van der Waals surface area contributed by atoms with E-state index in [0.717, 1.165) is 0 Å². The van der Waals surface area contributed by atoms with Gasteiger partial charge in [-0.25, -0.2) is 0 Å². The largest absolute Gasteiger partial charge is 0.469 e. The molecule has 1 aliphatic rings. The van der Waals surface area contributed by atoms with Crippen molar-refractivity contribution in [1.82, 2.24) is 4.90 Å². The smallest absolute Gasteiger partial charge is 0.308 e. The number of carbonyl (C=O) groups is 3. The second-order valence-corrected chi connectivity index (χ2v) is 5.18. The average molecular weight is 305 g/mol. The number of nitrogens with zero attached hydrogens (tertiary/aromatic N) is 1. The molecule has 6 heteroatoms. The summed E-state index contributed by atoms with van der Waals surface area (Å²) in [5.74, 6) is -0.787. The minimum absolute atomic E-state index is 0.155. The van der Waals surface area contributed by atoms with Crippen molar-refractivity contribution in [3.8, 4) is 5.75 Å². The van der Waals surface area contributed by atoms with E-state index in [1.807, 2.05) is 0 Å². The predicted octanol–water partition coefficient (Wildman–Crippen LogP) is 1.64. The van der Waals surface area contributed by atoms with Crippen LogP contribution in [-0.4, -0.2) is 42.9 Å². The molecule has 1 amide bonds. The van der Waals surface area contributed by atoms with Crippen LogP contribution in [0.4, 0.5) is 0 Å². The molecule has 0 unspecified atom stereocenters. The highest BCUT2D eigenvalue weighted by atomic mass is 16.5. The highest BCUT2D eigenvalue weighted by Gasteiger charge is 2.29. The number of amides is 1. The van der Waals surface area contributed by atoms with Crippen molar-refractivity contribution >= 4 is 17.8 Å². The fourth-order valence-corrected chi connectivity index (χ4v) is 2.54. The van der Waals surface area contributed by atoms with Gasteiger partial charge in [-0.05, 0) is 25.0 Å². The zero-order chi connectivity index (χ0) is 16.1. The van der Waals surface area contributed by atoms with Gasteiger partial charge in [-0.2, -0.15) is 0 Å². The van der Waals surface area contributed by atoms with E-state index in [9.17, 15) is 14.4 Å². The van der Waals surface area contributed by atoms with E-state index in [0.29, 0.717) is 31.5 Å². The number of hydrogen-bond donors (Lipinski definition) is 0.